The van der Waals surface area contributed by atoms with E-state index in [1.165, 1.54) is 5.56 Å². The molecule has 0 heterocycles. The third-order valence-corrected chi connectivity index (χ3v) is 11.1. The van der Waals surface area contributed by atoms with Crippen molar-refractivity contribution in [3.8, 4) is 22.6 Å². The first kappa shape index (κ1) is 41.1. The summed E-state index contributed by atoms with van der Waals surface area (Å²) in [5.74, 6) is -2.07. The van der Waals surface area contributed by atoms with Gasteiger partial charge in [-0.15, -0.1) is 0 Å². The summed E-state index contributed by atoms with van der Waals surface area (Å²) in [5, 5.41) is 14.4. The van der Waals surface area contributed by atoms with Crippen LogP contribution in [0.25, 0.3) is 11.1 Å². The van der Waals surface area contributed by atoms with Gasteiger partial charge in [0.2, 0.25) is 0 Å². The van der Waals surface area contributed by atoms with Crippen molar-refractivity contribution in [1.82, 2.24) is 5.32 Å². The Morgan fingerprint density at radius 1 is 0.627 bits per heavy atom. The van der Waals surface area contributed by atoms with Gasteiger partial charge >= 0.3 is 20.8 Å². The minimum absolute atomic E-state index is 0.00411. The number of aliphatic hydroxyl groups is 1. The van der Waals surface area contributed by atoms with Crippen LogP contribution in [-0.4, -0.2) is 41.7 Å². The summed E-state index contributed by atoms with van der Waals surface area (Å²) in [5.41, 5.74) is 4.93. The van der Waals surface area contributed by atoms with Gasteiger partial charge in [0.1, 0.15) is 18.1 Å². The molecule has 6 aromatic rings. The Kier molecular flexibility index (Phi) is 13.6. The van der Waals surface area contributed by atoms with E-state index >= 15 is 0 Å². The predicted molar refractivity (Wildman–Crippen MR) is 227 cm³/mol. The Hall–Kier alpha value is -6.12. The maximum Gasteiger partial charge on any atom is 0.409 e. The number of aryl methyl sites for hydroxylation is 2. The minimum Gasteiger partial charge on any atom is -0.449 e. The standard InChI is InChI=1S/C49H46NO8P/c51-35-48(49(58-59-54,56-39-19-6-2-7-20-39)57-40-21-8-3-9-22-40,50-47(53)55-34-45-43-25-13-11-23-41(43)42-24-12-14-26-44(42)45)33-32-37-28-30-38(31-29-37)46(52)27-15-10-18-36-16-4-1-5-17-36/h1-9,11-14,16-17,19-26,28-31,45,51H,10,15,18,27,32-35H2,(H,50,53). The molecule has 1 amide bonds. The van der Waals surface area contributed by atoms with E-state index in [1.807, 2.05) is 66.7 Å². The van der Waals surface area contributed by atoms with E-state index in [0.29, 0.717) is 12.0 Å². The van der Waals surface area contributed by atoms with Crippen LogP contribution in [0.4, 0.5) is 4.79 Å². The number of Topliss-reactive ketones (excluding diaryl/α,β-unsaturated/α-hetero) is 1. The number of para-hydroxylation sites is 2. The quantitative estimate of drug-likeness (QED) is 0.0339. The van der Waals surface area contributed by atoms with Gasteiger partial charge in [-0.3, -0.25) is 4.79 Å². The lowest BCUT2D eigenvalue weighted by atomic mass is 9.88. The van der Waals surface area contributed by atoms with Crippen LogP contribution >= 0.6 is 8.69 Å². The average Bonchev–Trinajstić information content (AvgIpc) is 3.60. The van der Waals surface area contributed by atoms with Gasteiger partial charge in [-0.25, -0.2) is 13.9 Å². The van der Waals surface area contributed by atoms with E-state index in [1.54, 1.807) is 72.8 Å². The summed E-state index contributed by atoms with van der Waals surface area (Å²) in [4.78, 5) is 27.3. The van der Waals surface area contributed by atoms with Crippen LogP contribution in [-0.2, 0) is 26.7 Å². The molecule has 6 aromatic carbocycles. The first-order valence-electron chi connectivity index (χ1n) is 19.8. The van der Waals surface area contributed by atoms with Crippen LogP contribution in [0.15, 0.2) is 164 Å². The molecule has 59 heavy (non-hydrogen) atoms. The number of hydrogen-bond donors (Lipinski definition) is 2. The van der Waals surface area contributed by atoms with Gasteiger partial charge in [0.25, 0.3) is 0 Å². The zero-order chi connectivity index (χ0) is 40.9. The van der Waals surface area contributed by atoms with Crippen molar-refractivity contribution >= 4 is 20.6 Å². The predicted octanol–water partition coefficient (Wildman–Crippen LogP) is 10.5. The lowest BCUT2D eigenvalue weighted by molar-refractivity contribution is -0.301. The normalized spacial score (nSPS) is 13.2. The number of carbonyl (C=O) groups is 2. The van der Waals surface area contributed by atoms with Crippen LogP contribution in [0, 0.1) is 0 Å². The van der Waals surface area contributed by atoms with Gasteiger partial charge in [-0.1, -0.05) is 140 Å². The molecule has 0 fully saturated rings. The van der Waals surface area contributed by atoms with Crippen LogP contribution in [0.2, 0.25) is 0 Å². The third kappa shape index (κ3) is 9.78. The lowest BCUT2D eigenvalue weighted by Crippen LogP contribution is -2.72. The summed E-state index contributed by atoms with van der Waals surface area (Å²) in [6.45, 7) is -0.790. The van der Waals surface area contributed by atoms with Gasteiger partial charge in [-0.05, 0) is 89.8 Å². The molecule has 1 aliphatic rings. The summed E-state index contributed by atoms with van der Waals surface area (Å²) in [7, 11) is -0.853. The average molecular weight is 808 g/mol. The third-order valence-electron chi connectivity index (χ3n) is 10.8. The molecule has 7 rings (SSSR count). The molecule has 9 nitrogen and oxygen atoms in total. The number of rotatable bonds is 20. The van der Waals surface area contributed by atoms with Crippen molar-refractivity contribution in [3.63, 3.8) is 0 Å². The zero-order valence-corrected chi connectivity index (χ0v) is 33.5. The molecule has 1 aliphatic carbocycles. The number of aliphatic hydroxyl groups excluding tert-OH is 1. The first-order valence-corrected chi connectivity index (χ1v) is 20.5. The van der Waals surface area contributed by atoms with Gasteiger partial charge in [0, 0.05) is 17.9 Å². The smallest absolute Gasteiger partial charge is 0.409 e. The Morgan fingerprint density at radius 2 is 1.15 bits per heavy atom. The van der Waals surface area contributed by atoms with Gasteiger partial charge < -0.3 is 24.6 Å². The molecule has 0 bridgehead atoms. The highest BCUT2D eigenvalue weighted by Crippen LogP contribution is 2.45. The van der Waals surface area contributed by atoms with E-state index in [-0.39, 0.29) is 42.6 Å². The molecule has 10 heteroatoms. The maximum absolute atomic E-state index is 14.1. The fraction of sp³-hybridized carbons (Fsp3) is 0.224. The highest BCUT2D eigenvalue weighted by atomic mass is 31.1. The fourth-order valence-corrected chi connectivity index (χ4v) is 7.98. The molecular formula is C49H46NO8P. The summed E-state index contributed by atoms with van der Waals surface area (Å²) >= 11 is 0. The fourth-order valence-electron chi connectivity index (χ4n) is 7.63. The van der Waals surface area contributed by atoms with Crippen LogP contribution in [0.3, 0.4) is 0 Å². The molecule has 2 N–H and O–H groups in total. The zero-order valence-electron chi connectivity index (χ0n) is 32.6. The van der Waals surface area contributed by atoms with E-state index in [0.717, 1.165) is 47.1 Å². The molecule has 300 valence electrons. The Bertz CT molecular complexity index is 2220. The van der Waals surface area contributed by atoms with Crippen molar-refractivity contribution in [2.75, 3.05) is 13.2 Å². The van der Waals surface area contributed by atoms with Crippen molar-refractivity contribution in [2.24, 2.45) is 0 Å². The molecule has 0 aliphatic heterocycles. The largest absolute Gasteiger partial charge is 0.449 e. The molecule has 0 radical (unpaired) electrons. The topological polar surface area (TPSA) is 120 Å². The lowest BCUT2D eigenvalue weighted by Gasteiger charge is -2.45. The molecule has 0 aromatic heterocycles. The van der Waals surface area contributed by atoms with E-state index in [9.17, 15) is 19.3 Å². The van der Waals surface area contributed by atoms with Crippen LogP contribution in [0.5, 0.6) is 11.5 Å². The highest BCUT2D eigenvalue weighted by Gasteiger charge is 2.60. The summed E-state index contributed by atoms with van der Waals surface area (Å²) in [6, 6.07) is 50.7. The molecule has 1 unspecified atom stereocenters. The maximum atomic E-state index is 14.1. The van der Waals surface area contributed by atoms with Crippen molar-refractivity contribution in [2.45, 2.75) is 56.0 Å². The van der Waals surface area contributed by atoms with Crippen molar-refractivity contribution < 1.29 is 38.0 Å². The number of alkyl carbamates (subject to hydrolysis) is 1. The van der Waals surface area contributed by atoms with E-state index in [4.69, 9.17) is 18.7 Å². The Balaban J connectivity index is 1.15. The summed E-state index contributed by atoms with van der Waals surface area (Å²) < 4.78 is 37.4. The van der Waals surface area contributed by atoms with E-state index in [2.05, 4.69) is 29.6 Å². The molecule has 0 saturated heterocycles. The van der Waals surface area contributed by atoms with Gasteiger partial charge in [0.15, 0.2) is 11.3 Å². The molecule has 1 atom stereocenters. The first-order chi connectivity index (χ1) is 28.9. The number of ether oxygens (including phenoxy) is 3. The highest BCUT2D eigenvalue weighted by molar-refractivity contribution is 7.17. The number of hydrogen-bond acceptors (Lipinski definition) is 8. The second-order valence-electron chi connectivity index (χ2n) is 14.6. The molecular weight excluding hydrogens is 762 g/mol. The Morgan fingerprint density at radius 3 is 1.71 bits per heavy atom. The number of ketones is 1. The Labute approximate surface area is 346 Å². The number of nitrogens with one attached hydrogen (secondary N) is 1. The van der Waals surface area contributed by atoms with Gasteiger partial charge in [0.05, 0.1) is 6.61 Å². The minimum atomic E-state index is -2.41. The second-order valence-corrected chi connectivity index (χ2v) is 14.9. The van der Waals surface area contributed by atoms with Crippen molar-refractivity contribution in [1.29, 1.82) is 0 Å². The molecule has 0 spiro atoms. The SMILES string of the molecule is O=POC(Oc1ccccc1)(Oc1ccccc1)C(CO)(CCc1ccc(C(=O)CCCCc2ccccc2)cc1)NC(=O)OCC1c2ccccc2-c2ccccc21. The van der Waals surface area contributed by atoms with Crippen LogP contribution < -0.4 is 14.8 Å². The molecule has 0 saturated carbocycles. The van der Waals surface area contributed by atoms with Crippen LogP contribution in [0.1, 0.15) is 64.2 Å². The second kappa shape index (κ2) is 19.6. The van der Waals surface area contributed by atoms with E-state index < -0.39 is 32.9 Å². The summed E-state index contributed by atoms with van der Waals surface area (Å²) in [6.07, 6.45) is 2.37. The van der Waals surface area contributed by atoms with Crippen molar-refractivity contribution in [3.05, 3.63) is 192 Å². The monoisotopic (exact) mass is 807 g/mol. The number of benzene rings is 6. The number of fused-ring (bicyclic) bond motifs is 3. The van der Waals surface area contributed by atoms with Gasteiger partial charge in [-0.2, -0.15) is 0 Å². The number of amides is 1. The number of carbonyl (C=O) groups excluding carboxylic acids is 2. The number of unbranched alkanes of at least 4 members (excludes halogenated alkanes) is 1.